The van der Waals surface area contributed by atoms with Crippen LogP contribution in [0.15, 0.2) is 41.1 Å². The molecule has 0 bridgehead atoms. The highest BCUT2D eigenvalue weighted by molar-refractivity contribution is 9.10. The van der Waals surface area contributed by atoms with Crippen molar-refractivity contribution in [3.8, 4) is 16.4 Å². The van der Waals surface area contributed by atoms with Crippen LogP contribution in [-0.4, -0.2) is 29.8 Å². The summed E-state index contributed by atoms with van der Waals surface area (Å²) in [5.74, 6) is 0.928. The van der Waals surface area contributed by atoms with E-state index in [9.17, 15) is 4.39 Å². The lowest BCUT2D eigenvalue weighted by Crippen LogP contribution is -2.06. The lowest BCUT2D eigenvalue weighted by atomic mass is 10.2. The maximum Gasteiger partial charge on any atom is 0.175 e. The molecule has 9 heteroatoms. The summed E-state index contributed by atoms with van der Waals surface area (Å²) in [6.45, 7) is 4.38. The fourth-order valence-corrected chi connectivity index (χ4v) is 4.64. The first-order chi connectivity index (χ1) is 13.0. The summed E-state index contributed by atoms with van der Waals surface area (Å²) in [5.41, 5.74) is 1.58. The van der Waals surface area contributed by atoms with Gasteiger partial charge in [-0.25, -0.2) is 14.1 Å². The summed E-state index contributed by atoms with van der Waals surface area (Å²) in [7, 11) is 0. The molecule has 3 heterocycles. The van der Waals surface area contributed by atoms with Gasteiger partial charge < -0.3 is 0 Å². The van der Waals surface area contributed by atoms with E-state index in [0.29, 0.717) is 23.9 Å². The Morgan fingerprint density at radius 3 is 2.67 bits per heavy atom. The molecule has 4 aromatic rings. The second-order valence-corrected chi connectivity index (χ2v) is 7.98. The lowest BCUT2D eigenvalue weighted by molar-refractivity contribution is 0.569. The van der Waals surface area contributed by atoms with Crippen LogP contribution in [0.5, 0.6) is 0 Å². The van der Waals surface area contributed by atoms with Crippen molar-refractivity contribution < 1.29 is 4.39 Å². The smallest absolute Gasteiger partial charge is 0.175 e. The van der Waals surface area contributed by atoms with Crippen LogP contribution in [0.1, 0.15) is 23.2 Å². The molecule has 4 rings (SSSR count). The molecule has 0 unspecified atom stereocenters. The van der Waals surface area contributed by atoms with Gasteiger partial charge in [-0.3, -0.25) is 0 Å². The summed E-state index contributed by atoms with van der Waals surface area (Å²) in [6.07, 6.45) is 4.14. The number of nitrogens with zero attached hydrogens (tertiary/aromatic N) is 6. The molecular weight excluding hydrogens is 431 g/mol. The fourth-order valence-electron chi connectivity index (χ4n) is 2.77. The zero-order chi connectivity index (χ0) is 19.0. The van der Waals surface area contributed by atoms with Crippen molar-refractivity contribution in [2.75, 3.05) is 0 Å². The Labute approximate surface area is 167 Å². The summed E-state index contributed by atoms with van der Waals surface area (Å²) in [5, 5.41) is 12.8. The third-order valence-electron chi connectivity index (χ3n) is 4.10. The minimum absolute atomic E-state index is 0.311. The van der Waals surface area contributed by atoms with E-state index in [-0.39, 0.29) is 5.82 Å². The number of aryl methyl sites for hydroxylation is 2. The minimum atomic E-state index is -0.311. The molecule has 0 aliphatic rings. The Morgan fingerprint density at radius 2 is 1.96 bits per heavy atom. The number of aromatic nitrogens is 6. The van der Waals surface area contributed by atoms with E-state index in [2.05, 4.69) is 38.1 Å². The number of benzene rings is 1. The van der Waals surface area contributed by atoms with Crippen LogP contribution >= 0.6 is 27.3 Å². The normalized spacial score (nSPS) is 11.3. The molecule has 0 N–H and O–H groups in total. The van der Waals surface area contributed by atoms with Gasteiger partial charge in [-0.05, 0) is 53.0 Å². The molecule has 0 saturated heterocycles. The zero-order valence-corrected chi connectivity index (χ0v) is 17.1. The lowest BCUT2D eigenvalue weighted by Gasteiger charge is -2.08. The topological polar surface area (TPSA) is 61.4 Å². The number of rotatable bonds is 5. The fraction of sp³-hybridized carbons (Fsp3) is 0.222. The van der Waals surface area contributed by atoms with E-state index in [4.69, 9.17) is 4.98 Å². The zero-order valence-electron chi connectivity index (χ0n) is 14.7. The van der Waals surface area contributed by atoms with Gasteiger partial charge in [-0.2, -0.15) is 15.0 Å². The van der Waals surface area contributed by atoms with E-state index in [1.54, 1.807) is 34.5 Å². The highest BCUT2D eigenvalue weighted by atomic mass is 79.9. The van der Waals surface area contributed by atoms with E-state index >= 15 is 0 Å². The van der Waals surface area contributed by atoms with Gasteiger partial charge in [-0.1, -0.05) is 13.0 Å². The predicted molar refractivity (Wildman–Crippen MR) is 106 cm³/mol. The first-order valence-electron chi connectivity index (χ1n) is 8.40. The predicted octanol–water partition coefficient (Wildman–Crippen LogP) is 4.41. The van der Waals surface area contributed by atoms with E-state index in [1.807, 2.05) is 13.0 Å². The standard InChI is InChI=1S/C18H16BrFN6S/c1-3-15-13(19)9-16(27-15)18-23-17(10-25-21-6-7-22-25)24-26(18)14-8-12(20)5-4-11(14)2/h4-9H,3,10H2,1-2H3. The van der Waals surface area contributed by atoms with Crippen molar-refractivity contribution in [3.63, 3.8) is 0 Å². The molecule has 0 aliphatic carbocycles. The highest BCUT2D eigenvalue weighted by Gasteiger charge is 2.19. The number of hydrogen-bond acceptors (Lipinski definition) is 5. The van der Waals surface area contributed by atoms with Crippen LogP contribution in [0.3, 0.4) is 0 Å². The Balaban J connectivity index is 1.86. The molecule has 0 fully saturated rings. The Morgan fingerprint density at radius 1 is 1.19 bits per heavy atom. The Hall–Kier alpha value is -2.39. The van der Waals surface area contributed by atoms with Crippen molar-refractivity contribution in [2.24, 2.45) is 0 Å². The van der Waals surface area contributed by atoms with E-state index in [0.717, 1.165) is 21.3 Å². The molecule has 0 amide bonds. The molecular formula is C18H16BrFN6S. The molecule has 3 aromatic heterocycles. The van der Waals surface area contributed by atoms with Gasteiger partial charge in [-0.15, -0.1) is 16.4 Å². The van der Waals surface area contributed by atoms with Crippen molar-refractivity contribution in [3.05, 3.63) is 63.2 Å². The number of thiophene rings is 1. The quantitative estimate of drug-likeness (QED) is 0.455. The molecule has 138 valence electrons. The largest absolute Gasteiger partial charge is 0.212 e. The van der Waals surface area contributed by atoms with Gasteiger partial charge in [0, 0.05) is 9.35 Å². The minimum Gasteiger partial charge on any atom is -0.212 e. The summed E-state index contributed by atoms with van der Waals surface area (Å²) in [4.78, 5) is 8.42. The molecule has 0 spiro atoms. The van der Waals surface area contributed by atoms with Crippen LogP contribution < -0.4 is 0 Å². The van der Waals surface area contributed by atoms with Crippen LogP contribution in [0, 0.1) is 12.7 Å². The number of halogens is 2. The summed E-state index contributed by atoms with van der Waals surface area (Å²) >= 11 is 5.26. The molecule has 6 nitrogen and oxygen atoms in total. The Bertz CT molecular complexity index is 1090. The number of hydrogen-bond donors (Lipinski definition) is 0. The van der Waals surface area contributed by atoms with Gasteiger partial charge in [0.2, 0.25) is 0 Å². The van der Waals surface area contributed by atoms with Crippen molar-refractivity contribution in [1.29, 1.82) is 0 Å². The van der Waals surface area contributed by atoms with Gasteiger partial charge in [0.1, 0.15) is 12.4 Å². The maximum atomic E-state index is 13.9. The third kappa shape index (κ3) is 3.57. The van der Waals surface area contributed by atoms with Gasteiger partial charge in [0.25, 0.3) is 0 Å². The van der Waals surface area contributed by atoms with Crippen molar-refractivity contribution in [1.82, 2.24) is 29.8 Å². The summed E-state index contributed by atoms with van der Waals surface area (Å²) < 4.78 is 16.7. The van der Waals surface area contributed by atoms with Crippen LogP contribution in [0.4, 0.5) is 4.39 Å². The van der Waals surface area contributed by atoms with Crippen LogP contribution in [0.2, 0.25) is 0 Å². The van der Waals surface area contributed by atoms with E-state index in [1.165, 1.54) is 21.8 Å². The SMILES string of the molecule is CCc1sc(-c2nc(Cn3nccn3)nn2-c2cc(F)ccc2C)cc1Br. The van der Waals surface area contributed by atoms with Crippen molar-refractivity contribution in [2.45, 2.75) is 26.8 Å². The molecule has 0 atom stereocenters. The first kappa shape index (κ1) is 18.0. The Kier molecular flexibility index (Phi) is 4.88. The molecule has 0 saturated carbocycles. The van der Waals surface area contributed by atoms with Gasteiger partial charge >= 0.3 is 0 Å². The highest BCUT2D eigenvalue weighted by Crippen LogP contribution is 2.35. The van der Waals surface area contributed by atoms with Gasteiger partial charge in [0.05, 0.1) is 23.0 Å². The van der Waals surface area contributed by atoms with Crippen molar-refractivity contribution >= 4 is 27.3 Å². The maximum absolute atomic E-state index is 13.9. The average molecular weight is 447 g/mol. The first-order valence-corrected chi connectivity index (χ1v) is 10.0. The molecule has 0 radical (unpaired) electrons. The second kappa shape index (κ2) is 7.32. The van der Waals surface area contributed by atoms with Crippen LogP contribution in [0.25, 0.3) is 16.4 Å². The third-order valence-corrected chi connectivity index (χ3v) is 6.34. The van der Waals surface area contributed by atoms with Gasteiger partial charge in [0.15, 0.2) is 11.6 Å². The van der Waals surface area contributed by atoms with Crippen LogP contribution in [-0.2, 0) is 13.0 Å². The second-order valence-electron chi connectivity index (χ2n) is 5.99. The van der Waals surface area contributed by atoms with E-state index < -0.39 is 0 Å². The molecule has 0 aliphatic heterocycles. The molecule has 27 heavy (non-hydrogen) atoms. The summed E-state index contributed by atoms with van der Waals surface area (Å²) in [6, 6.07) is 6.70. The monoisotopic (exact) mass is 446 g/mol. The molecule has 1 aromatic carbocycles. The average Bonchev–Trinajstić information content (AvgIpc) is 3.37.